The molecule has 0 aromatic carbocycles. The maximum absolute atomic E-state index is 12.6. The lowest BCUT2D eigenvalue weighted by molar-refractivity contribution is 0.0771. The molecule has 2 saturated heterocycles. The van der Waals surface area contributed by atoms with E-state index in [1.807, 2.05) is 18.0 Å². The fourth-order valence-electron chi connectivity index (χ4n) is 4.11. The summed E-state index contributed by atoms with van der Waals surface area (Å²) in [4.78, 5) is 29.7. The number of carbonyl (C=O) groups is 1. The van der Waals surface area contributed by atoms with Crippen LogP contribution in [0.2, 0.25) is 0 Å². The number of aromatic nitrogens is 4. The van der Waals surface area contributed by atoms with Crippen molar-refractivity contribution in [2.24, 2.45) is 18.9 Å². The van der Waals surface area contributed by atoms with Crippen molar-refractivity contribution < 1.29 is 4.79 Å². The first-order chi connectivity index (χ1) is 12.2. The molecule has 7 nitrogen and oxygen atoms in total. The SMILES string of the molecule is Cn1cncc1C(=O)N1CC[C@H](C2CCN(c3ncccn3)CC2)C1. The molecule has 2 aromatic rings. The highest BCUT2D eigenvalue weighted by atomic mass is 16.2. The Kier molecular flexibility index (Phi) is 4.38. The van der Waals surface area contributed by atoms with E-state index in [-0.39, 0.29) is 5.91 Å². The fraction of sp³-hybridized carbons (Fsp3) is 0.556. The monoisotopic (exact) mass is 340 g/mol. The minimum Gasteiger partial charge on any atom is -0.341 e. The molecule has 0 saturated carbocycles. The molecule has 25 heavy (non-hydrogen) atoms. The van der Waals surface area contributed by atoms with Gasteiger partial charge in [-0.3, -0.25) is 4.79 Å². The number of aryl methyl sites for hydroxylation is 1. The molecule has 2 aromatic heterocycles. The molecule has 0 unspecified atom stereocenters. The van der Waals surface area contributed by atoms with E-state index in [4.69, 9.17) is 0 Å². The number of hydrogen-bond donors (Lipinski definition) is 0. The molecule has 1 atom stereocenters. The number of anilines is 1. The summed E-state index contributed by atoms with van der Waals surface area (Å²) in [6.45, 7) is 3.73. The zero-order valence-electron chi connectivity index (χ0n) is 14.6. The average Bonchev–Trinajstić information content (AvgIpc) is 3.31. The second-order valence-electron chi connectivity index (χ2n) is 7.06. The van der Waals surface area contributed by atoms with E-state index in [0.29, 0.717) is 17.5 Å². The van der Waals surface area contributed by atoms with E-state index >= 15 is 0 Å². The van der Waals surface area contributed by atoms with Gasteiger partial charge in [0, 0.05) is 45.6 Å². The first kappa shape index (κ1) is 16.1. The highest BCUT2D eigenvalue weighted by Gasteiger charge is 2.34. The molecule has 0 radical (unpaired) electrons. The van der Waals surface area contributed by atoms with Crippen molar-refractivity contribution in [2.75, 3.05) is 31.1 Å². The first-order valence-electron chi connectivity index (χ1n) is 9.00. The minimum atomic E-state index is 0.109. The van der Waals surface area contributed by atoms with Crippen molar-refractivity contribution in [1.82, 2.24) is 24.4 Å². The van der Waals surface area contributed by atoms with E-state index in [0.717, 1.165) is 51.4 Å². The van der Waals surface area contributed by atoms with Crippen LogP contribution in [0.5, 0.6) is 0 Å². The number of hydrogen-bond acceptors (Lipinski definition) is 5. The van der Waals surface area contributed by atoms with Gasteiger partial charge in [0.1, 0.15) is 5.69 Å². The van der Waals surface area contributed by atoms with Gasteiger partial charge in [0.2, 0.25) is 5.95 Å². The van der Waals surface area contributed by atoms with E-state index in [2.05, 4.69) is 19.9 Å². The second-order valence-corrected chi connectivity index (χ2v) is 7.06. The zero-order chi connectivity index (χ0) is 17.2. The summed E-state index contributed by atoms with van der Waals surface area (Å²) in [5.74, 6) is 2.23. The van der Waals surface area contributed by atoms with Gasteiger partial charge in [-0.1, -0.05) is 0 Å². The van der Waals surface area contributed by atoms with E-state index in [1.54, 1.807) is 29.5 Å². The van der Waals surface area contributed by atoms with Gasteiger partial charge in [0.25, 0.3) is 5.91 Å². The summed E-state index contributed by atoms with van der Waals surface area (Å²) < 4.78 is 1.80. The molecular formula is C18H24N6O. The van der Waals surface area contributed by atoms with Crippen LogP contribution in [0.1, 0.15) is 29.8 Å². The van der Waals surface area contributed by atoms with Crippen LogP contribution < -0.4 is 4.90 Å². The molecule has 132 valence electrons. The average molecular weight is 340 g/mol. The Bertz CT molecular complexity index is 722. The lowest BCUT2D eigenvalue weighted by Crippen LogP contribution is -2.38. The van der Waals surface area contributed by atoms with Crippen molar-refractivity contribution in [3.63, 3.8) is 0 Å². The van der Waals surface area contributed by atoms with Crippen LogP contribution in [0.4, 0.5) is 5.95 Å². The molecule has 0 spiro atoms. The van der Waals surface area contributed by atoms with Crippen LogP contribution in [0.15, 0.2) is 31.0 Å². The van der Waals surface area contributed by atoms with Crippen molar-refractivity contribution in [1.29, 1.82) is 0 Å². The summed E-state index contributed by atoms with van der Waals surface area (Å²) in [5.41, 5.74) is 0.677. The van der Waals surface area contributed by atoms with Gasteiger partial charge in [0.05, 0.1) is 12.5 Å². The molecule has 0 aliphatic carbocycles. The van der Waals surface area contributed by atoms with Crippen LogP contribution >= 0.6 is 0 Å². The van der Waals surface area contributed by atoms with Gasteiger partial charge in [-0.2, -0.15) is 0 Å². The fourth-order valence-corrected chi connectivity index (χ4v) is 4.11. The summed E-state index contributed by atoms with van der Waals surface area (Å²) >= 11 is 0. The van der Waals surface area contributed by atoms with Gasteiger partial charge in [-0.15, -0.1) is 0 Å². The van der Waals surface area contributed by atoms with Gasteiger partial charge in [0.15, 0.2) is 0 Å². The quantitative estimate of drug-likeness (QED) is 0.849. The van der Waals surface area contributed by atoms with Crippen LogP contribution in [-0.4, -0.2) is 56.5 Å². The number of imidazole rings is 1. The third-order valence-electron chi connectivity index (χ3n) is 5.59. The number of rotatable bonds is 3. The molecular weight excluding hydrogens is 316 g/mol. The molecule has 1 amide bonds. The molecule has 0 bridgehead atoms. The third kappa shape index (κ3) is 3.23. The van der Waals surface area contributed by atoms with Gasteiger partial charge in [-0.25, -0.2) is 15.0 Å². The number of piperidine rings is 1. The summed E-state index contributed by atoms with van der Waals surface area (Å²) in [6.07, 6.45) is 10.3. The second kappa shape index (κ2) is 6.82. The molecule has 7 heteroatoms. The molecule has 2 aliphatic heterocycles. The summed E-state index contributed by atoms with van der Waals surface area (Å²) in [5, 5.41) is 0. The Hall–Kier alpha value is -2.44. The number of likely N-dealkylation sites (tertiary alicyclic amines) is 1. The molecule has 4 heterocycles. The largest absolute Gasteiger partial charge is 0.341 e. The number of amides is 1. The Morgan fingerprint density at radius 1 is 1.08 bits per heavy atom. The van der Waals surface area contributed by atoms with Crippen molar-refractivity contribution in [2.45, 2.75) is 19.3 Å². The Labute approximate surface area is 147 Å². The van der Waals surface area contributed by atoms with Gasteiger partial charge >= 0.3 is 0 Å². The predicted octanol–water partition coefficient (Wildman–Crippen LogP) is 1.59. The maximum atomic E-state index is 12.6. The van der Waals surface area contributed by atoms with Crippen molar-refractivity contribution >= 4 is 11.9 Å². The Balaban J connectivity index is 1.33. The van der Waals surface area contributed by atoms with Crippen molar-refractivity contribution in [3.8, 4) is 0 Å². The van der Waals surface area contributed by atoms with Crippen LogP contribution in [0, 0.1) is 11.8 Å². The normalized spacial score (nSPS) is 21.7. The minimum absolute atomic E-state index is 0.109. The molecule has 2 fully saturated rings. The van der Waals surface area contributed by atoms with Crippen LogP contribution in [0.3, 0.4) is 0 Å². The van der Waals surface area contributed by atoms with E-state index in [9.17, 15) is 4.79 Å². The topological polar surface area (TPSA) is 67.2 Å². The predicted molar refractivity (Wildman–Crippen MR) is 94.2 cm³/mol. The zero-order valence-corrected chi connectivity index (χ0v) is 14.6. The van der Waals surface area contributed by atoms with Crippen molar-refractivity contribution in [3.05, 3.63) is 36.7 Å². The maximum Gasteiger partial charge on any atom is 0.272 e. The Morgan fingerprint density at radius 3 is 2.48 bits per heavy atom. The molecule has 4 rings (SSSR count). The molecule has 0 N–H and O–H groups in total. The first-order valence-corrected chi connectivity index (χ1v) is 9.00. The third-order valence-corrected chi connectivity index (χ3v) is 5.59. The molecule has 2 aliphatic rings. The standard InChI is InChI=1S/C18H24N6O/c1-22-13-19-11-16(22)17(25)24-10-5-15(12-24)14-3-8-23(9-4-14)18-20-6-2-7-21-18/h2,6-7,11,13-15H,3-5,8-10,12H2,1H3/t15-/m0/s1. The smallest absolute Gasteiger partial charge is 0.272 e. The summed E-state index contributed by atoms with van der Waals surface area (Å²) in [6, 6.07) is 1.85. The summed E-state index contributed by atoms with van der Waals surface area (Å²) in [7, 11) is 1.87. The Morgan fingerprint density at radius 2 is 1.80 bits per heavy atom. The number of nitrogens with zero attached hydrogens (tertiary/aromatic N) is 6. The number of carbonyl (C=O) groups excluding carboxylic acids is 1. The van der Waals surface area contributed by atoms with Crippen LogP contribution in [0.25, 0.3) is 0 Å². The van der Waals surface area contributed by atoms with E-state index in [1.165, 1.54) is 0 Å². The lowest BCUT2D eigenvalue weighted by atomic mass is 9.84. The highest BCUT2D eigenvalue weighted by Crippen LogP contribution is 2.33. The lowest BCUT2D eigenvalue weighted by Gasteiger charge is -2.34. The van der Waals surface area contributed by atoms with Crippen LogP contribution in [-0.2, 0) is 7.05 Å². The van der Waals surface area contributed by atoms with E-state index < -0.39 is 0 Å². The van der Waals surface area contributed by atoms with Gasteiger partial charge in [-0.05, 0) is 37.2 Å². The van der Waals surface area contributed by atoms with Gasteiger partial charge < -0.3 is 14.4 Å². The highest BCUT2D eigenvalue weighted by molar-refractivity contribution is 5.92.